The van der Waals surface area contributed by atoms with Crippen molar-refractivity contribution in [2.75, 3.05) is 20.3 Å². The molecule has 0 aromatic heterocycles. The maximum Gasteiger partial charge on any atom is 0.239 e. The van der Waals surface area contributed by atoms with Gasteiger partial charge in [0.25, 0.3) is 0 Å². The predicted molar refractivity (Wildman–Crippen MR) is 59.5 cm³/mol. The van der Waals surface area contributed by atoms with E-state index in [4.69, 9.17) is 10.5 Å². The number of ether oxygens (including phenoxy) is 1. The number of carbonyl (C=O) groups excluding carboxylic acids is 1. The zero-order chi connectivity index (χ0) is 11.3. The number of hydrogen-bond donors (Lipinski definition) is 1. The Morgan fingerprint density at radius 2 is 2.13 bits per heavy atom. The molecule has 0 aromatic rings. The van der Waals surface area contributed by atoms with Crippen LogP contribution in [0.1, 0.15) is 32.6 Å². The van der Waals surface area contributed by atoms with Crippen LogP contribution in [-0.2, 0) is 9.53 Å². The van der Waals surface area contributed by atoms with Crippen molar-refractivity contribution in [3.8, 4) is 0 Å². The Balaban J connectivity index is 2.43. The highest BCUT2D eigenvalue weighted by atomic mass is 16.5. The summed E-state index contributed by atoms with van der Waals surface area (Å²) in [6.07, 6.45) is 3.59. The highest BCUT2D eigenvalue weighted by molar-refractivity contribution is 5.81. The van der Waals surface area contributed by atoms with Crippen molar-refractivity contribution in [2.24, 2.45) is 5.73 Å². The number of amides is 1. The summed E-state index contributed by atoms with van der Waals surface area (Å²) in [5, 5.41) is 0. The number of nitrogens with two attached hydrogens (primary N) is 1. The summed E-state index contributed by atoms with van der Waals surface area (Å²) in [5.41, 5.74) is 5.81. The van der Waals surface area contributed by atoms with Gasteiger partial charge in [-0.15, -0.1) is 0 Å². The van der Waals surface area contributed by atoms with E-state index in [1.54, 1.807) is 0 Å². The van der Waals surface area contributed by atoms with E-state index in [2.05, 4.69) is 0 Å². The summed E-state index contributed by atoms with van der Waals surface area (Å²) < 4.78 is 5.27. The quantitative estimate of drug-likeness (QED) is 0.751. The van der Waals surface area contributed by atoms with Crippen molar-refractivity contribution >= 4 is 5.91 Å². The molecule has 0 radical (unpaired) electrons. The molecular weight excluding hydrogens is 192 g/mol. The van der Waals surface area contributed by atoms with Crippen LogP contribution in [0, 0.1) is 0 Å². The van der Waals surface area contributed by atoms with Gasteiger partial charge in [-0.25, -0.2) is 0 Å². The monoisotopic (exact) mass is 214 g/mol. The predicted octanol–water partition coefficient (Wildman–Crippen LogP) is 0.751. The lowest BCUT2D eigenvalue weighted by molar-refractivity contribution is -0.135. The molecule has 1 saturated heterocycles. The lowest BCUT2D eigenvalue weighted by Gasteiger charge is -2.32. The Labute approximate surface area is 91.8 Å². The lowest BCUT2D eigenvalue weighted by atomic mass is 10.1. The van der Waals surface area contributed by atoms with Crippen LogP contribution in [-0.4, -0.2) is 43.2 Å². The van der Waals surface area contributed by atoms with Crippen LogP contribution in [0.4, 0.5) is 0 Å². The average molecular weight is 214 g/mol. The molecule has 0 aromatic carbocycles. The molecule has 1 aliphatic rings. The van der Waals surface area contributed by atoms with E-state index in [1.807, 2.05) is 18.9 Å². The summed E-state index contributed by atoms with van der Waals surface area (Å²) in [7, 11) is 1.86. The Morgan fingerprint density at radius 3 is 2.67 bits per heavy atom. The maximum atomic E-state index is 11.9. The zero-order valence-corrected chi connectivity index (χ0v) is 9.74. The molecule has 0 unspecified atom stereocenters. The van der Waals surface area contributed by atoms with E-state index in [0.717, 1.165) is 38.9 Å². The largest absolute Gasteiger partial charge is 0.381 e. The minimum atomic E-state index is -0.331. The standard InChI is InChI=1S/C11H22N2O2/c1-3-4-10(12)11(14)13(2)9-5-7-15-8-6-9/h9-10H,3-8,12H2,1-2H3/t10-/m1/s1. The lowest BCUT2D eigenvalue weighted by Crippen LogP contribution is -2.48. The Hall–Kier alpha value is -0.610. The molecule has 1 aliphatic heterocycles. The van der Waals surface area contributed by atoms with Crippen LogP contribution in [0.5, 0.6) is 0 Å². The Morgan fingerprint density at radius 1 is 1.53 bits per heavy atom. The summed E-state index contributed by atoms with van der Waals surface area (Å²) >= 11 is 0. The van der Waals surface area contributed by atoms with Gasteiger partial charge in [0.1, 0.15) is 0 Å². The summed E-state index contributed by atoms with van der Waals surface area (Å²) in [6, 6.07) is -0.0167. The second-order valence-corrected chi connectivity index (χ2v) is 4.19. The van der Waals surface area contributed by atoms with Gasteiger partial charge < -0.3 is 15.4 Å². The fourth-order valence-corrected chi connectivity index (χ4v) is 1.95. The maximum absolute atomic E-state index is 11.9. The molecule has 0 spiro atoms. The zero-order valence-electron chi connectivity index (χ0n) is 9.74. The van der Waals surface area contributed by atoms with Gasteiger partial charge in [0.05, 0.1) is 6.04 Å². The van der Waals surface area contributed by atoms with Crippen LogP contribution in [0.15, 0.2) is 0 Å². The number of hydrogen-bond acceptors (Lipinski definition) is 3. The van der Waals surface area contributed by atoms with Crippen molar-refractivity contribution in [1.82, 2.24) is 4.90 Å². The third-order valence-electron chi connectivity index (χ3n) is 3.00. The smallest absolute Gasteiger partial charge is 0.239 e. The molecule has 2 N–H and O–H groups in total. The minimum absolute atomic E-state index is 0.0729. The Bertz CT molecular complexity index is 203. The van der Waals surface area contributed by atoms with Gasteiger partial charge in [-0.1, -0.05) is 13.3 Å². The molecule has 1 heterocycles. The molecule has 4 nitrogen and oxygen atoms in total. The molecule has 15 heavy (non-hydrogen) atoms. The van der Waals surface area contributed by atoms with Gasteiger partial charge in [0.2, 0.25) is 5.91 Å². The van der Waals surface area contributed by atoms with Crippen LogP contribution >= 0.6 is 0 Å². The van der Waals surface area contributed by atoms with Crippen molar-refractivity contribution in [3.05, 3.63) is 0 Å². The second kappa shape index (κ2) is 6.08. The van der Waals surface area contributed by atoms with E-state index in [0.29, 0.717) is 6.04 Å². The van der Waals surface area contributed by atoms with E-state index < -0.39 is 0 Å². The molecule has 1 fully saturated rings. The molecule has 1 atom stereocenters. The van der Waals surface area contributed by atoms with Crippen molar-refractivity contribution in [1.29, 1.82) is 0 Å². The summed E-state index contributed by atoms with van der Waals surface area (Å²) in [4.78, 5) is 13.7. The average Bonchev–Trinajstić information content (AvgIpc) is 2.28. The molecular formula is C11H22N2O2. The summed E-state index contributed by atoms with van der Waals surface area (Å²) in [6.45, 7) is 3.55. The van der Waals surface area contributed by atoms with Crippen molar-refractivity contribution in [3.63, 3.8) is 0 Å². The van der Waals surface area contributed by atoms with Gasteiger partial charge in [0.15, 0.2) is 0 Å². The van der Waals surface area contributed by atoms with E-state index in [-0.39, 0.29) is 11.9 Å². The number of nitrogens with zero attached hydrogens (tertiary/aromatic N) is 1. The van der Waals surface area contributed by atoms with Crippen LogP contribution < -0.4 is 5.73 Å². The Kier molecular flexibility index (Phi) is 5.05. The number of rotatable bonds is 4. The molecule has 0 saturated carbocycles. The van der Waals surface area contributed by atoms with Gasteiger partial charge in [-0.3, -0.25) is 4.79 Å². The molecule has 1 amide bonds. The van der Waals surface area contributed by atoms with Gasteiger partial charge in [0, 0.05) is 26.3 Å². The molecule has 88 valence electrons. The third-order valence-corrected chi connectivity index (χ3v) is 3.00. The van der Waals surface area contributed by atoms with Crippen LogP contribution in [0.3, 0.4) is 0 Å². The normalized spacial score (nSPS) is 19.9. The molecule has 1 rings (SSSR count). The number of likely N-dealkylation sites (N-methyl/N-ethyl adjacent to an activating group) is 1. The first kappa shape index (κ1) is 12.5. The van der Waals surface area contributed by atoms with Gasteiger partial charge in [-0.2, -0.15) is 0 Å². The third kappa shape index (κ3) is 3.47. The first-order chi connectivity index (χ1) is 7.16. The van der Waals surface area contributed by atoms with Crippen molar-refractivity contribution in [2.45, 2.75) is 44.7 Å². The topological polar surface area (TPSA) is 55.6 Å². The minimum Gasteiger partial charge on any atom is -0.381 e. The van der Waals surface area contributed by atoms with Crippen LogP contribution in [0.2, 0.25) is 0 Å². The van der Waals surface area contributed by atoms with Gasteiger partial charge in [-0.05, 0) is 19.3 Å². The first-order valence-corrected chi connectivity index (χ1v) is 5.76. The van der Waals surface area contributed by atoms with Crippen LogP contribution in [0.25, 0.3) is 0 Å². The molecule has 0 aliphatic carbocycles. The van der Waals surface area contributed by atoms with Gasteiger partial charge >= 0.3 is 0 Å². The highest BCUT2D eigenvalue weighted by Gasteiger charge is 2.25. The molecule has 0 bridgehead atoms. The SMILES string of the molecule is CCC[C@@H](N)C(=O)N(C)C1CCOCC1. The van der Waals surface area contributed by atoms with E-state index in [1.165, 1.54) is 0 Å². The summed E-state index contributed by atoms with van der Waals surface area (Å²) in [5.74, 6) is 0.0729. The second-order valence-electron chi connectivity index (χ2n) is 4.19. The fourth-order valence-electron chi connectivity index (χ4n) is 1.95. The van der Waals surface area contributed by atoms with Crippen molar-refractivity contribution < 1.29 is 9.53 Å². The first-order valence-electron chi connectivity index (χ1n) is 5.76. The highest BCUT2D eigenvalue weighted by Crippen LogP contribution is 2.14. The van der Waals surface area contributed by atoms with E-state index >= 15 is 0 Å². The molecule has 4 heteroatoms. The fraction of sp³-hybridized carbons (Fsp3) is 0.909. The van der Waals surface area contributed by atoms with E-state index in [9.17, 15) is 4.79 Å². The number of carbonyl (C=O) groups is 1.